The van der Waals surface area contributed by atoms with Gasteiger partial charge in [-0.25, -0.2) is 0 Å². The third-order valence-electron chi connectivity index (χ3n) is 3.25. The van der Waals surface area contributed by atoms with Crippen molar-refractivity contribution in [2.24, 2.45) is 5.92 Å². The third-order valence-corrected chi connectivity index (χ3v) is 3.25. The van der Waals surface area contributed by atoms with E-state index in [0.29, 0.717) is 19.0 Å². The minimum atomic E-state index is -0.586. The van der Waals surface area contributed by atoms with Gasteiger partial charge in [-0.05, 0) is 39.5 Å². The molecule has 1 N–H and O–H groups in total. The number of hydrogen-bond acceptors (Lipinski definition) is 3. The van der Waals surface area contributed by atoms with Crippen LogP contribution in [-0.2, 0) is 9.53 Å². The Labute approximate surface area is 96.6 Å². The van der Waals surface area contributed by atoms with Crippen LogP contribution in [0.15, 0.2) is 0 Å². The highest BCUT2D eigenvalue weighted by atomic mass is 16.5. The topological polar surface area (TPSA) is 49.8 Å². The van der Waals surface area contributed by atoms with Gasteiger partial charge >= 0.3 is 0 Å². The molecule has 0 aromatic heterocycles. The number of β-amino-alcohol motifs (C(OH)–C–C–N with tert-alkyl or cyclic N) is 1. The van der Waals surface area contributed by atoms with Gasteiger partial charge in [0.05, 0.1) is 18.7 Å². The summed E-state index contributed by atoms with van der Waals surface area (Å²) >= 11 is 0. The van der Waals surface area contributed by atoms with E-state index in [4.69, 9.17) is 4.74 Å². The van der Waals surface area contributed by atoms with Gasteiger partial charge in [-0.1, -0.05) is 0 Å². The van der Waals surface area contributed by atoms with E-state index < -0.39 is 5.60 Å². The first-order valence-corrected chi connectivity index (χ1v) is 5.94. The summed E-state index contributed by atoms with van der Waals surface area (Å²) in [5.41, 5.74) is -0.870. The second-order valence-corrected chi connectivity index (χ2v) is 6.03. The molecule has 0 spiro atoms. The van der Waals surface area contributed by atoms with Gasteiger partial charge in [-0.2, -0.15) is 0 Å². The Morgan fingerprint density at radius 3 is 2.44 bits per heavy atom. The van der Waals surface area contributed by atoms with Crippen molar-refractivity contribution in [3.8, 4) is 0 Å². The zero-order chi connectivity index (χ0) is 12.0. The number of rotatable bonds is 3. The number of amides is 1. The van der Waals surface area contributed by atoms with Gasteiger partial charge in [0.1, 0.15) is 12.2 Å². The number of likely N-dealkylation sites (tertiary alicyclic amines) is 1. The van der Waals surface area contributed by atoms with Crippen LogP contribution in [0.1, 0.15) is 33.6 Å². The van der Waals surface area contributed by atoms with Crippen molar-refractivity contribution < 1.29 is 14.6 Å². The summed E-state index contributed by atoms with van der Waals surface area (Å²) in [4.78, 5) is 13.4. The first kappa shape index (κ1) is 11.9. The normalized spacial score (nSPS) is 24.1. The van der Waals surface area contributed by atoms with E-state index >= 15 is 0 Å². The number of carbonyl (C=O) groups is 1. The molecular weight excluding hydrogens is 206 g/mol. The van der Waals surface area contributed by atoms with E-state index in [1.807, 2.05) is 20.8 Å². The summed E-state index contributed by atoms with van der Waals surface area (Å²) in [7, 11) is 0. The second-order valence-electron chi connectivity index (χ2n) is 6.03. The maximum Gasteiger partial charge on any atom is 0.248 e. The van der Waals surface area contributed by atoms with E-state index in [-0.39, 0.29) is 18.1 Å². The summed E-state index contributed by atoms with van der Waals surface area (Å²) in [5, 5.41) is 10.1. The summed E-state index contributed by atoms with van der Waals surface area (Å²) in [6.45, 7) is 6.88. The molecule has 0 aromatic carbocycles. The van der Waals surface area contributed by atoms with Crippen LogP contribution in [0.2, 0.25) is 0 Å². The molecule has 0 radical (unpaired) electrons. The fraction of sp³-hybridized carbons (Fsp3) is 0.917. The Kier molecular flexibility index (Phi) is 2.75. The molecule has 1 saturated heterocycles. The van der Waals surface area contributed by atoms with Crippen LogP contribution in [0.5, 0.6) is 0 Å². The van der Waals surface area contributed by atoms with E-state index in [2.05, 4.69) is 0 Å². The van der Waals surface area contributed by atoms with Crippen LogP contribution in [0.4, 0.5) is 0 Å². The maximum atomic E-state index is 11.7. The largest absolute Gasteiger partial charge is 0.386 e. The lowest BCUT2D eigenvalue weighted by Gasteiger charge is -2.47. The average Bonchev–Trinajstić information content (AvgIpc) is 2.90. The van der Waals surface area contributed by atoms with Crippen molar-refractivity contribution in [2.45, 2.75) is 44.8 Å². The van der Waals surface area contributed by atoms with Crippen LogP contribution in [0, 0.1) is 5.92 Å². The van der Waals surface area contributed by atoms with Crippen molar-refractivity contribution in [1.29, 1.82) is 0 Å². The summed E-state index contributed by atoms with van der Waals surface area (Å²) in [6.07, 6.45) is 2.22. The predicted molar refractivity (Wildman–Crippen MR) is 60.0 cm³/mol. The Bertz CT molecular complexity index is 285. The average molecular weight is 227 g/mol. The molecule has 16 heavy (non-hydrogen) atoms. The minimum absolute atomic E-state index is 0.0137. The summed E-state index contributed by atoms with van der Waals surface area (Å²) in [5.74, 6) is 0.417. The highest BCUT2D eigenvalue weighted by molar-refractivity contribution is 5.78. The molecule has 92 valence electrons. The molecule has 4 nitrogen and oxygen atoms in total. The molecular formula is C12H21NO3. The molecule has 0 aromatic rings. The Hall–Kier alpha value is -0.610. The molecule has 2 fully saturated rings. The Balaban J connectivity index is 1.72. The molecule has 0 atom stereocenters. The maximum absolute atomic E-state index is 11.7. The van der Waals surface area contributed by atoms with Gasteiger partial charge in [0.2, 0.25) is 5.91 Å². The van der Waals surface area contributed by atoms with E-state index in [1.54, 1.807) is 4.90 Å². The molecule has 0 unspecified atom stereocenters. The predicted octanol–water partition coefficient (Wildman–Crippen LogP) is 0.785. The Morgan fingerprint density at radius 2 is 2.00 bits per heavy atom. The lowest BCUT2D eigenvalue weighted by Crippen LogP contribution is -2.65. The van der Waals surface area contributed by atoms with Gasteiger partial charge in [-0.15, -0.1) is 0 Å². The van der Waals surface area contributed by atoms with Crippen molar-refractivity contribution in [1.82, 2.24) is 4.90 Å². The highest BCUT2D eigenvalue weighted by Gasteiger charge is 2.53. The van der Waals surface area contributed by atoms with Gasteiger partial charge in [0.15, 0.2) is 0 Å². The van der Waals surface area contributed by atoms with Gasteiger partial charge in [0.25, 0.3) is 0 Å². The Morgan fingerprint density at radius 1 is 1.44 bits per heavy atom. The monoisotopic (exact) mass is 227 g/mol. The SMILES string of the molecule is CC(C)(C)OCC(=O)N1CC(O)(C2CC2)C1. The zero-order valence-electron chi connectivity index (χ0n) is 10.3. The lowest BCUT2D eigenvalue weighted by molar-refractivity contribution is -0.167. The van der Waals surface area contributed by atoms with E-state index in [1.165, 1.54) is 0 Å². The number of nitrogens with zero attached hydrogens (tertiary/aromatic N) is 1. The van der Waals surface area contributed by atoms with Crippen LogP contribution in [-0.4, -0.2) is 46.8 Å². The molecule has 0 bridgehead atoms. The fourth-order valence-electron chi connectivity index (χ4n) is 2.04. The standard InChI is InChI=1S/C12H21NO3/c1-11(2,3)16-6-10(14)13-7-12(15,8-13)9-4-5-9/h9,15H,4-8H2,1-3H3. The zero-order valence-corrected chi connectivity index (χ0v) is 10.3. The molecule has 1 heterocycles. The number of aliphatic hydroxyl groups is 1. The molecule has 1 aliphatic heterocycles. The molecule has 4 heteroatoms. The van der Waals surface area contributed by atoms with Gasteiger partial charge in [0, 0.05) is 0 Å². The van der Waals surface area contributed by atoms with Crippen LogP contribution in [0.3, 0.4) is 0 Å². The van der Waals surface area contributed by atoms with Gasteiger partial charge < -0.3 is 14.7 Å². The van der Waals surface area contributed by atoms with E-state index in [0.717, 1.165) is 12.8 Å². The molecule has 1 aliphatic carbocycles. The molecule has 2 rings (SSSR count). The number of hydrogen-bond donors (Lipinski definition) is 1. The fourth-order valence-corrected chi connectivity index (χ4v) is 2.04. The first-order valence-electron chi connectivity index (χ1n) is 5.94. The van der Waals surface area contributed by atoms with Gasteiger partial charge in [-0.3, -0.25) is 4.79 Å². The number of ether oxygens (including phenoxy) is 1. The molecule has 2 aliphatic rings. The van der Waals surface area contributed by atoms with Crippen molar-refractivity contribution >= 4 is 5.91 Å². The van der Waals surface area contributed by atoms with Crippen molar-refractivity contribution in [3.05, 3.63) is 0 Å². The smallest absolute Gasteiger partial charge is 0.248 e. The summed E-state index contributed by atoms with van der Waals surface area (Å²) < 4.78 is 5.42. The molecule has 1 saturated carbocycles. The van der Waals surface area contributed by atoms with Crippen LogP contribution >= 0.6 is 0 Å². The van der Waals surface area contributed by atoms with Crippen molar-refractivity contribution in [3.63, 3.8) is 0 Å². The third kappa shape index (κ3) is 2.55. The number of carbonyl (C=O) groups excluding carboxylic acids is 1. The minimum Gasteiger partial charge on any atom is -0.386 e. The molecule has 1 amide bonds. The van der Waals surface area contributed by atoms with Crippen LogP contribution in [0.25, 0.3) is 0 Å². The van der Waals surface area contributed by atoms with Crippen molar-refractivity contribution in [2.75, 3.05) is 19.7 Å². The van der Waals surface area contributed by atoms with E-state index in [9.17, 15) is 9.90 Å². The summed E-state index contributed by atoms with van der Waals surface area (Å²) in [6, 6.07) is 0. The first-order chi connectivity index (χ1) is 7.30. The quantitative estimate of drug-likeness (QED) is 0.775. The second kappa shape index (κ2) is 3.70. The highest BCUT2D eigenvalue weighted by Crippen LogP contribution is 2.44. The van der Waals surface area contributed by atoms with Crippen LogP contribution < -0.4 is 0 Å². The lowest BCUT2D eigenvalue weighted by atomic mass is 9.89.